The summed E-state index contributed by atoms with van der Waals surface area (Å²) in [6.45, 7) is 3.84. The first-order valence-corrected chi connectivity index (χ1v) is 11.0. The van der Waals surface area contributed by atoms with E-state index in [0.717, 1.165) is 17.7 Å². The van der Waals surface area contributed by atoms with Crippen LogP contribution in [0.1, 0.15) is 56.2 Å². The van der Waals surface area contributed by atoms with Crippen LogP contribution in [0.4, 0.5) is 24.5 Å². The standard InChI is InChI=1S/C25H25F3N2O3/c1-3-24(4-2)14-16(19-9-7-17(25(26,27)28)12-21(19)33-24)11-23(32)29-18-8-5-15-6-10-22(31)30-20(15)13-18/h5,7-9,11-13H,3-4,6,10,14H2,1-2H3,(H,29,32)(H,30,31)/b16-11+. The Morgan fingerprint density at radius 3 is 2.61 bits per heavy atom. The Labute approximate surface area is 190 Å². The zero-order valence-electron chi connectivity index (χ0n) is 18.4. The monoisotopic (exact) mass is 458 g/mol. The van der Waals surface area contributed by atoms with E-state index in [4.69, 9.17) is 4.74 Å². The number of hydrogen-bond acceptors (Lipinski definition) is 3. The first-order valence-electron chi connectivity index (χ1n) is 11.0. The van der Waals surface area contributed by atoms with Crippen molar-refractivity contribution in [3.8, 4) is 5.75 Å². The minimum Gasteiger partial charge on any atom is -0.486 e. The van der Waals surface area contributed by atoms with Gasteiger partial charge in [0.1, 0.15) is 11.4 Å². The highest BCUT2D eigenvalue weighted by molar-refractivity contribution is 6.05. The van der Waals surface area contributed by atoms with E-state index in [9.17, 15) is 22.8 Å². The van der Waals surface area contributed by atoms with Crippen LogP contribution in [0.5, 0.6) is 5.75 Å². The second kappa shape index (κ2) is 8.57. The second-order valence-corrected chi connectivity index (χ2v) is 8.46. The Kier molecular flexibility index (Phi) is 5.95. The van der Waals surface area contributed by atoms with Crippen LogP contribution < -0.4 is 15.4 Å². The predicted octanol–water partition coefficient (Wildman–Crippen LogP) is 5.95. The third kappa shape index (κ3) is 4.74. The molecule has 2 aromatic carbocycles. The number of rotatable bonds is 4. The summed E-state index contributed by atoms with van der Waals surface area (Å²) < 4.78 is 45.8. The Bertz CT molecular complexity index is 1130. The van der Waals surface area contributed by atoms with E-state index in [-0.39, 0.29) is 11.7 Å². The van der Waals surface area contributed by atoms with Gasteiger partial charge >= 0.3 is 6.18 Å². The van der Waals surface area contributed by atoms with E-state index in [0.29, 0.717) is 54.6 Å². The van der Waals surface area contributed by atoms with Crippen LogP contribution in [0.25, 0.3) is 5.57 Å². The number of benzene rings is 2. The summed E-state index contributed by atoms with van der Waals surface area (Å²) in [6.07, 6.45) is -0.407. The van der Waals surface area contributed by atoms with Crippen molar-refractivity contribution in [2.75, 3.05) is 10.6 Å². The van der Waals surface area contributed by atoms with Crippen molar-refractivity contribution in [1.82, 2.24) is 0 Å². The molecule has 8 heteroatoms. The number of hydrogen-bond donors (Lipinski definition) is 2. The van der Waals surface area contributed by atoms with Gasteiger partial charge in [-0.15, -0.1) is 0 Å². The normalized spacial score (nSPS) is 18.1. The summed E-state index contributed by atoms with van der Waals surface area (Å²) >= 11 is 0. The summed E-state index contributed by atoms with van der Waals surface area (Å²) in [4.78, 5) is 24.5. The van der Waals surface area contributed by atoms with Gasteiger partial charge in [0.2, 0.25) is 11.8 Å². The Hall–Kier alpha value is -3.29. The molecule has 0 fully saturated rings. The molecule has 2 N–H and O–H groups in total. The van der Waals surface area contributed by atoms with E-state index in [1.807, 2.05) is 19.9 Å². The number of ether oxygens (including phenoxy) is 1. The van der Waals surface area contributed by atoms with E-state index in [1.54, 1.807) is 12.1 Å². The molecule has 33 heavy (non-hydrogen) atoms. The van der Waals surface area contributed by atoms with Gasteiger partial charge < -0.3 is 15.4 Å². The van der Waals surface area contributed by atoms with Crippen LogP contribution in [0.15, 0.2) is 42.5 Å². The Balaban J connectivity index is 1.64. The van der Waals surface area contributed by atoms with Gasteiger partial charge in [0.25, 0.3) is 0 Å². The lowest BCUT2D eigenvalue weighted by Crippen LogP contribution is -2.38. The molecule has 2 heterocycles. The molecule has 2 aliphatic heterocycles. The van der Waals surface area contributed by atoms with Crippen molar-refractivity contribution < 1.29 is 27.5 Å². The van der Waals surface area contributed by atoms with Gasteiger partial charge in [-0.3, -0.25) is 9.59 Å². The first kappa shape index (κ1) is 22.9. The minimum absolute atomic E-state index is 0.0689. The molecule has 5 nitrogen and oxygen atoms in total. The molecule has 0 bridgehead atoms. The topological polar surface area (TPSA) is 67.4 Å². The van der Waals surface area contributed by atoms with Gasteiger partial charge in [-0.25, -0.2) is 0 Å². The zero-order chi connectivity index (χ0) is 23.8. The maximum absolute atomic E-state index is 13.2. The third-order valence-electron chi connectivity index (χ3n) is 6.36. The number of nitrogens with one attached hydrogen (secondary N) is 2. The molecule has 0 saturated carbocycles. The minimum atomic E-state index is -4.49. The van der Waals surface area contributed by atoms with Crippen molar-refractivity contribution in [3.05, 3.63) is 59.2 Å². The molecule has 0 unspecified atom stereocenters. The van der Waals surface area contributed by atoms with Crippen LogP contribution in [-0.2, 0) is 22.2 Å². The highest BCUT2D eigenvalue weighted by Crippen LogP contribution is 2.45. The van der Waals surface area contributed by atoms with Gasteiger partial charge in [0.05, 0.1) is 5.56 Å². The lowest BCUT2D eigenvalue weighted by molar-refractivity contribution is -0.137. The first-order chi connectivity index (χ1) is 15.6. The summed E-state index contributed by atoms with van der Waals surface area (Å²) in [5.74, 6) is -0.336. The highest BCUT2D eigenvalue weighted by Gasteiger charge is 2.38. The van der Waals surface area contributed by atoms with Crippen LogP contribution in [-0.4, -0.2) is 17.4 Å². The lowest BCUT2D eigenvalue weighted by Gasteiger charge is -2.39. The van der Waals surface area contributed by atoms with Crippen LogP contribution in [0, 0.1) is 0 Å². The molecule has 2 aliphatic rings. The van der Waals surface area contributed by atoms with E-state index >= 15 is 0 Å². The number of aryl methyl sites for hydroxylation is 1. The fraction of sp³-hybridized carbons (Fsp3) is 0.360. The fourth-order valence-electron chi connectivity index (χ4n) is 4.32. The van der Waals surface area contributed by atoms with E-state index in [1.165, 1.54) is 12.1 Å². The molecule has 0 aliphatic carbocycles. The number of halogens is 3. The molecule has 4 rings (SSSR count). The Morgan fingerprint density at radius 1 is 1.15 bits per heavy atom. The van der Waals surface area contributed by atoms with Crippen molar-refractivity contribution >= 4 is 28.8 Å². The molecule has 0 atom stereocenters. The largest absolute Gasteiger partial charge is 0.486 e. The lowest BCUT2D eigenvalue weighted by atomic mass is 9.83. The average Bonchev–Trinajstić information content (AvgIpc) is 2.77. The number of fused-ring (bicyclic) bond motifs is 2. The number of carbonyl (C=O) groups is 2. The zero-order valence-corrected chi connectivity index (χ0v) is 18.4. The summed E-state index contributed by atoms with van der Waals surface area (Å²) in [6, 6.07) is 8.71. The maximum Gasteiger partial charge on any atom is 0.416 e. The Morgan fingerprint density at radius 2 is 1.91 bits per heavy atom. The predicted molar refractivity (Wildman–Crippen MR) is 120 cm³/mol. The van der Waals surface area contributed by atoms with E-state index in [2.05, 4.69) is 10.6 Å². The van der Waals surface area contributed by atoms with Gasteiger partial charge in [0, 0.05) is 35.9 Å². The molecule has 0 saturated heterocycles. The number of amides is 2. The van der Waals surface area contributed by atoms with Crippen molar-refractivity contribution in [2.24, 2.45) is 0 Å². The average molecular weight is 458 g/mol. The van der Waals surface area contributed by atoms with Gasteiger partial charge in [-0.1, -0.05) is 26.0 Å². The number of carbonyl (C=O) groups excluding carboxylic acids is 2. The van der Waals surface area contributed by atoms with Gasteiger partial charge in [0.15, 0.2) is 0 Å². The second-order valence-electron chi connectivity index (χ2n) is 8.46. The summed E-state index contributed by atoms with van der Waals surface area (Å²) in [5, 5.41) is 5.59. The van der Waals surface area contributed by atoms with Crippen LogP contribution in [0.2, 0.25) is 0 Å². The number of anilines is 2. The quantitative estimate of drug-likeness (QED) is 0.556. The maximum atomic E-state index is 13.2. The van der Waals surface area contributed by atoms with Gasteiger partial charge in [-0.05, 0) is 54.7 Å². The number of alkyl halides is 3. The van der Waals surface area contributed by atoms with Crippen molar-refractivity contribution in [1.29, 1.82) is 0 Å². The van der Waals surface area contributed by atoms with E-state index < -0.39 is 23.2 Å². The van der Waals surface area contributed by atoms with Crippen molar-refractivity contribution in [2.45, 2.75) is 57.7 Å². The van der Waals surface area contributed by atoms with Crippen LogP contribution >= 0.6 is 0 Å². The molecule has 2 amide bonds. The summed E-state index contributed by atoms with van der Waals surface area (Å²) in [5.41, 5.74) is 1.83. The molecular weight excluding hydrogens is 433 g/mol. The molecule has 0 aromatic heterocycles. The van der Waals surface area contributed by atoms with Crippen molar-refractivity contribution in [3.63, 3.8) is 0 Å². The fourth-order valence-corrected chi connectivity index (χ4v) is 4.32. The molecule has 0 spiro atoms. The summed E-state index contributed by atoms with van der Waals surface area (Å²) in [7, 11) is 0. The molecule has 0 radical (unpaired) electrons. The SMILES string of the molecule is CCC1(CC)C/C(=C\C(=O)Nc2ccc3c(c2)NC(=O)CC3)c2ccc(C(F)(F)F)cc2O1. The molecular formula is C25H25F3N2O3. The van der Waals surface area contributed by atoms with Crippen LogP contribution in [0.3, 0.4) is 0 Å². The highest BCUT2D eigenvalue weighted by atomic mass is 19.4. The molecule has 174 valence electrons. The molecule has 2 aromatic rings. The smallest absolute Gasteiger partial charge is 0.416 e. The third-order valence-corrected chi connectivity index (χ3v) is 6.36. The van der Waals surface area contributed by atoms with Gasteiger partial charge in [-0.2, -0.15) is 13.2 Å².